The smallest absolute Gasteiger partial charge is 0.336 e. The standard InChI is InChI=1S/C20H30O4.C8H8/c1-7-11-13-17(9-3)15-20(14-12-8-2,23-18(21)10-4)24-19(22)16(5)6;1-2-8-6-4-3-5-7-8/h8,10,12,14,17H,2,4-5,7,9,11,13,15H2,1,3,6H3;2-7H,1H2/b14-12+;. The first kappa shape index (κ1) is 28.9. The molecule has 1 rings (SSSR count). The monoisotopic (exact) mass is 438 g/mol. The lowest BCUT2D eigenvalue weighted by Crippen LogP contribution is -2.40. The fourth-order valence-corrected chi connectivity index (χ4v) is 2.85. The number of allylic oxidation sites excluding steroid dienone is 2. The fraction of sp³-hybridized carbons (Fsp3) is 0.357. The second kappa shape index (κ2) is 16.5. The van der Waals surface area contributed by atoms with E-state index in [2.05, 4.69) is 40.2 Å². The van der Waals surface area contributed by atoms with Gasteiger partial charge in [-0.05, 0) is 24.5 Å². The van der Waals surface area contributed by atoms with Crippen LogP contribution in [0.4, 0.5) is 0 Å². The number of carbonyl (C=O) groups is 2. The number of hydrogen-bond acceptors (Lipinski definition) is 4. The van der Waals surface area contributed by atoms with E-state index in [9.17, 15) is 9.59 Å². The van der Waals surface area contributed by atoms with Crippen LogP contribution in [0, 0.1) is 5.92 Å². The van der Waals surface area contributed by atoms with Crippen molar-refractivity contribution in [2.45, 2.75) is 58.7 Å². The van der Waals surface area contributed by atoms with Gasteiger partial charge in [-0.3, -0.25) is 0 Å². The van der Waals surface area contributed by atoms with E-state index < -0.39 is 17.7 Å². The zero-order valence-electron chi connectivity index (χ0n) is 19.8. The highest BCUT2D eigenvalue weighted by molar-refractivity contribution is 5.88. The second-order valence-electron chi connectivity index (χ2n) is 7.44. The van der Waals surface area contributed by atoms with Crippen LogP contribution in [-0.4, -0.2) is 17.7 Å². The van der Waals surface area contributed by atoms with Crippen molar-refractivity contribution in [1.82, 2.24) is 0 Å². The first-order chi connectivity index (χ1) is 15.3. The summed E-state index contributed by atoms with van der Waals surface area (Å²) in [6.45, 7) is 20.0. The molecule has 32 heavy (non-hydrogen) atoms. The van der Waals surface area contributed by atoms with E-state index >= 15 is 0 Å². The Balaban J connectivity index is 0.000000995. The van der Waals surface area contributed by atoms with E-state index in [0.717, 1.165) is 31.8 Å². The molecule has 0 amide bonds. The largest absolute Gasteiger partial charge is 0.415 e. The number of carbonyl (C=O) groups excluding carboxylic acids is 2. The first-order valence-corrected chi connectivity index (χ1v) is 11.0. The van der Waals surface area contributed by atoms with Crippen LogP contribution in [0.1, 0.15) is 58.4 Å². The molecule has 0 N–H and O–H groups in total. The minimum Gasteiger partial charge on any atom is -0.415 e. The molecule has 0 saturated carbocycles. The Kier molecular flexibility index (Phi) is 14.9. The van der Waals surface area contributed by atoms with Gasteiger partial charge in [0.2, 0.25) is 0 Å². The number of ether oxygens (including phenoxy) is 2. The van der Waals surface area contributed by atoms with Crippen LogP contribution in [-0.2, 0) is 19.1 Å². The van der Waals surface area contributed by atoms with Crippen LogP contribution in [0.3, 0.4) is 0 Å². The number of unbranched alkanes of at least 4 members (excludes halogenated alkanes) is 1. The Morgan fingerprint density at radius 3 is 2.19 bits per heavy atom. The van der Waals surface area contributed by atoms with Crippen molar-refractivity contribution in [1.29, 1.82) is 0 Å². The summed E-state index contributed by atoms with van der Waals surface area (Å²) in [6.07, 6.45) is 12.0. The molecule has 2 unspecified atom stereocenters. The molecule has 0 aromatic heterocycles. The van der Waals surface area contributed by atoms with E-state index in [1.807, 2.05) is 36.4 Å². The normalized spacial score (nSPS) is 13.0. The predicted octanol–water partition coefficient (Wildman–Crippen LogP) is 7.21. The Hall–Kier alpha value is -3.14. The van der Waals surface area contributed by atoms with Gasteiger partial charge in [0.05, 0.1) is 0 Å². The molecule has 0 fully saturated rings. The highest BCUT2D eigenvalue weighted by Crippen LogP contribution is 2.31. The van der Waals surface area contributed by atoms with Crippen molar-refractivity contribution in [2.24, 2.45) is 5.92 Å². The molecule has 2 atom stereocenters. The van der Waals surface area contributed by atoms with Gasteiger partial charge in [0.25, 0.3) is 5.79 Å². The summed E-state index contributed by atoms with van der Waals surface area (Å²) >= 11 is 0. The molecule has 0 heterocycles. The molecular weight excluding hydrogens is 400 g/mol. The summed E-state index contributed by atoms with van der Waals surface area (Å²) in [7, 11) is 0. The van der Waals surface area contributed by atoms with Gasteiger partial charge in [-0.1, -0.05) is 114 Å². The van der Waals surface area contributed by atoms with Gasteiger partial charge < -0.3 is 9.47 Å². The van der Waals surface area contributed by atoms with Gasteiger partial charge in [-0.15, -0.1) is 0 Å². The molecule has 0 bridgehead atoms. The third-order valence-electron chi connectivity index (χ3n) is 4.69. The Morgan fingerprint density at radius 2 is 1.75 bits per heavy atom. The lowest BCUT2D eigenvalue weighted by atomic mass is 9.91. The van der Waals surface area contributed by atoms with Gasteiger partial charge in [-0.25, -0.2) is 9.59 Å². The maximum atomic E-state index is 12.1. The summed E-state index contributed by atoms with van der Waals surface area (Å²) in [5.41, 5.74) is 1.41. The summed E-state index contributed by atoms with van der Waals surface area (Å²) in [5, 5.41) is 0. The van der Waals surface area contributed by atoms with Gasteiger partial charge >= 0.3 is 11.9 Å². The van der Waals surface area contributed by atoms with Crippen LogP contribution in [0.25, 0.3) is 6.08 Å². The molecule has 4 heteroatoms. The zero-order valence-corrected chi connectivity index (χ0v) is 19.8. The number of esters is 2. The molecular formula is C28H38O4. The average Bonchev–Trinajstić information content (AvgIpc) is 2.81. The SMILES string of the molecule is C=C/C=C/C(CC(CC)CCCC)(OC(=O)C=C)OC(=O)C(=C)C.C=Cc1ccccc1. The highest BCUT2D eigenvalue weighted by atomic mass is 16.7. The molecule has 0 saturated heterocycles. The van der Waals surface area contributed by atoms with E-state index in [1.165, 1.54) is 11.6 Å². The van der Waals surface area contributed by atoms with Crippen LogP contribution < -0.4 is 0 Å². The van der Waals surface area contributed by atoms with Crippen molar-refractivity contribution in [3.05, 3.63) is 92.1 Å². The van der Waals surface area contributed by atoms with Crippen LogP contribution in [0.5, 0.6) is 0 Å². The van der Waals surface area contributed by atoms with Gasteiger partial charge in [0.1, 0.15) is 0 Å². The first-order valence-electron chi connectivity index (χ1n) is 11.0. The maximum absolute atomic E-state index is 12.1. The van der Waals surface area contributed by atoms with Crippen molar-refractivity contribution in [2.75, 3.05) is 0 Å². The highest BCUT2D eigenvalue weighted by Gasteiger charge is 2.38. The Bertz CT molecular complexity index is 776. The molecule has 1 aromatic rings. The van der Waals surface area contributed by atoms with E-state index in [0.29, 0.717) is 6.42 Å². The second-order valence-corrected chi connectivity index (χ2v) is 7.44. The third kappa shape index (κ3) is 11.9. The minimum atomic E-state index is -1.48. The van der Waals surface area contributed by atoms with Crippen molar-refractivity contribution >= 4 is 18.0 Å². The van der Waals surface area contributed by atoms with Crippen molar-refractivity contribution in [3.8, 4) is 0 Å². The molecule has 0 aliphatic heterocycles. The minimum absolute atomic E-state index is 0.239. The molecule has 0 radical (unpaired) electrons. The van der Waals surface area contributed by atoms with Crippen molar-refractivity contribution < 1.29 is 19.1 Å². The van der Waals surface area contributed by atoms with Gasteiger partial charge in [0, 0.05) is 18.1 Å². The lowest BCUT2D eigenvalue weighted by molar-refractivity contribution is -0.210. The van der Waals surface area contributed by atoms with E-state index in [4.69, 9.17) is 9.47 Å². The fourth-order valence-electron chi connectivity index (χ4n) is 2.85. The molecule has 0 aliphatic rings. The average molecular weight is 439 g/mol. The van der Waals surface area contributed by atoms with E-state index in [1.54, 1.807) is 19.1 Å². The van der Waals surface area contributed by atoms with Crippen LogP contribution in [0.2, 0.25) is 0 Å². The lowest BCUT2D eigenvalue weighted by Gasteiger charge is -2.33. The molecule has 0 spiro atoms. The summed E-state index contributed by atoms with van der Waals surface area (Å²) in [6, 6.07) is 10.0. The third-order valence-corrected chi connectivity index (χ3v) is 4.69. The quantitative estimate of drug-likeness (QED) is 0.141. The maximum Gasteiger partial charge on any atom is 0.336 e. The van der Waals surface area contributed by atoms with Crippen molar-refractivity contribution in [3.63, 3.8) is 0 Å². The molecule has 1 aromatic carbocycles. The van der Waals surface area contributed by atoms with E-state index in [-0.39, 0.29) is 11.5 Å². The number of benzene rings is 1. The van der Waals surface area contributed by atoms with Crippen LogP contribution >= 0.6 is 0 Å². The predicted molar refractivity (Wildman–Crippen MR) is 134 cm³/mol. The zero-order chi connectivity index (χ0) is 24.4. The number of rotatable bonds is 13. The Labute approximate surface area is 194 Å². The number of hydrogen-bond donors (Lipinski definition) is 0. The van der Waals surface area contributed by atoms with Gasteiger partial charge in [-0.2, -0.15) is 0 Å². The summed E-state index contributed by atoms with van der Waals surface area (Å²) in [5.74, 6) is -2.49. The summed E-state index contributed by atoms with van der Waals surface area (Å²) in [4.78, 5) is 23.9. The van der Waals surface area contributed by atoms with Crippen LogP contribution in [0.15, 0.2) is 86.5 Å². The molecule has 4 nitrogen and oxygen atoms in total. The molecule has 0 aliphatic carbocycles. The Morgan fingerprint density at radius 1 is 1.09 bits per heavy atom. The summed E-state index contributed by atoms with van der Waals surface area (Å²) < 4.78 is 11.0. The van der Waals surface area contributed by atoms with Gasteiger partial charge in [0.15, 0.2) is 0 Å². The topological polar surface area (TPSA) is 52.6 Å². The molecule has 174 valence electrons.